The first-order valence-corrected chi connectivity index (χ1v) is 6.13. The number of benzene rings is 1. The number of rotatable bonds is 5. The smallest absolute Gasteiger partial charge is 0.306 e. The van der Waals surface area contributed by atoms with Crippen molar-refractivity contribution in [1.82, 2.24) is 0 Å². The standard InChI is InChI=1S/C12H16O3S/c1-9(7-12(14)15-2)16-8-10-3-5-11(13)6-4-10/h3-6,9,13H,7-8H2,1-2H3. The topological polar surface area (TPSA) is 46.5 Å². The number of carbonyl (C=O) groups is 1. The molecule has 0 aliphatic rings. The highest BCUT2D eigenvalue weighted by Crippen LogP contribution is 2.21. The Bertz CT molecular complexity index is 335. The zero-order valence-electron chi connectivity index (χ0n) is 9.47. The number of phenols is 1. The van der Waals surface area contributed by atoms with Crippen LogP contribution in [-0.2, 0) is 15.3 Å². The summed E-state index contributed by atoms with van der Waals surface area (Å²) in [6.45, 7) is 2.00. The van der Waals surface area contributed by atoms with Gasteiger partial charge in [-0.05, 0) is 17.7 Å². The van der Waals surface area contributed by atoms with Gasteiger partial charge in [0, 0.05) is 11.0 Å². The third-order valence-electron chi connectivity index (χ3n) is 2.15. The molecule has 0 aliphatic heterocycles. The van der Waals surface area contributed by atoms with E-state index in [2.05, 4.69) is 4.74 Å². The summed E-state index contributed by atoms with van der Waals surface area (Å²) < 4.78 is 4.60. The molecule has 0 aliphatic carbocycles. The number of phenolic OH excluding ortho intramolecular Hbond substituents is 1. The summed E-state index contributed by atoms with van der Waals surface area (Å²) in [6.07, 6.45) is 0.430. The van der Waals surface area contributed by atoms with Crippen LogP contribution >= 0.6 is 11.8 Å². The van der Waals surface area contributed by atoms with Crippen LogP contribution in [0.3, 0.4) is 0 Å². The average Bonchev–Trinajstić information content (AvgIpc) is 2.28. The minimum absolute atomic E-state index is 0.175. The minimum Gasteiger partial charge on any atom is -0.508 e. The van der Waals surface area contributed by atoms with E-state index in [4.69, 9.17) is 5.11 Å². The highest BCUT2D eigenvalue weighted by atomic mass is 32.2. The Kier molecular flexibility index (Phi) is 5.19. The van der Waals surface area contributed by atoms with Crippen LogP contribution in [0.2, 0.25) is 0 Å². The monoisotopic (exact) mass is 240 g/mol. The van der Waals surface area contributed by atoms with Crippen molar-refractivity contribution in [3.63, 3.8) is 0 Å². The Hall–Kier alpha value is -1.16. The van der Waals surface area contributed by atoms with Gasteiger partial charge in [0.2, 0.25) is 0 Å². The summed E-state index contributed by atoms with van der Waals surface area (Å²) in [5.74, 6) is 0.931. The van der Waals surface area contributed by atoms with E-state index in [-0.39, 0.29) is 17.0 Å². The molecule has 1 unspecified atom stereocenters. The summed E-state index contributed by atoms with van der Waals surface area (Å²) in [5.41, 5.74) is 1.14. The van der Waals surface area contributed by atoms with Crippen LogP contribution in [0.25, 0.3) is 0 Å². The first-order chi connectivity index (χ1) is 7.61. The van der Waals surface area contributed by atoms with Gasteiger partial charge in [-0.25, -0.2) is 0 Å². The molecule has 0 spiro atoms. The zero-order valence-corrected chi connectivity index (χ0v) is 10.3. The molecule has 0 saturated carbocycles. The first-order valence-electron chi connectivity index (χ1n) is 5.08. The summed E-state index contributed by atoms with van der Waals surface area (Å²) in [7, 11) is 1.40. The predicted octanol–water partition coefficient (Wildman–Crippen LogP) is 2.58. The van der Waals surface area contributed by atoms with Crippen molar-refractivity contribution >= 4 is 17.7 Å². The molecule has 1 aromatic rings. The number of esters is 1. The van der Waals surface area contributed by atoms with E-state index in [1.807, 2.05) is 19.1 Å². The van der Waals surface area contributed by atoms with Crippen LogP contribution in [0.15, 0.2) is 24.3 Å². The van der Waals surface area contributed by atoms with Crippen molar-refractivity contribution in [3.8, 4) is 5.75 Å². The van der Waals surface area contributed by atoms with Gasteiger partial charge in [0.05, 0.1) is 13.5 Å². The van der Waals surface area contributed by atoms with Gasteiger partial charge in [0.1, 0.15) is 5.75 Å². The fourth-order valence-electron chi connectivity index (χ4n) is 1.21. The van der Waals surface area contributed by atoms with Gasteiger partial charge in [-0.1, -0.05) is 19.1 Å². The molecule has 1 rings (SSSR count). The maximum atomic E-state index is 11.0. The molecule has 1 atom stereocenters. The van der Waals surface area contributed by atoms with Gasteiger partial charge in [-0.2, -0.15) is 11.8 Å². The summed E-state index contributed by atoms with van der Waals surface area (Å²) in [6, 6.07) is 7.10. The van der Waals surface area contributed by atoms with E-state index in [9.17, 15) is 4.79 Å². The summed E-state index contributed by atoms with van der Waals surface area (Å²) >= 11 is 1.70. The van der Waals surface area contributed by atoms with E-state index < -0.39 is 0 Å². The van der Waals surface area contributed by atoms with Crippen molar-refractivity contribution < 1.29 is 14.6 Å². The fourth-order valence-corrected chi connectivity index (χ4v) is 2.13. The van der Waals surface area contributed by atoms with Crippen LogP contribution in [0.1, 0.15) is 18.9 Å². The normalized spacial score (nSPS) is 12.1. The van der Waals surface area contributed by atoms with Gasteiger partial charge in [0.25, 0.3) is 0 Å². The third kappa shape index (κ3) is 4.57. The Morgan fingerprint density at radius 3 is 2.62 bits per heavy atom. The summed E-state index contributed by atoms with van der Waals surface area (Å²) in [5, 5.41) is 9.35. The predicted molar refractivity (Wildman–Crippen MR) is 65.5 cm³/mol. The van der Waals surface area contributed by atoms with Crippen LogP contribution in [0, 0.1) is 0 Å². The number of hydrogen-bond donors (Lipinski definition) is 1. The molecule has 0 saturated heterocycles. The molecule has 1 aromatic carbocycles. The van der Waals surface area contributed by atoms with E-state index in [1.54, 1.807) is 23.9 Å². The van der Waals surface area contributed by atoms with Crippen LogP contribution in [0.5, 0.6) is 5.75 Å². The molecular formula is C12H16O3S. The third-order valence-corrected chi connectivity index (χ3v) is 3.39. The molecular weight excluding hydrogens is 224 g/mol. The molecule has 0 aromatic heterocycles. The van der Waals surface area contributed by atoms with Crippen molar-refractivity contribution in [2.75, 3.05) is 7.11 Å². The molecule has 0 fully saturated rings. The SMILES string of the molecule is COC(=O)CC(C)SCc1ccc(O)cc1. The summed E-state index contributed by atoms with van der Waals surface area (Å²) in [4.78, 5) is 11.0. The number of thioether (sulfide) groups is 1. The van der Waals surface area contributed by atoms with Gasteiger partial charge < -0.3 is 9.84 Å². The van der Waals surface area contributed by atoms with E-state index in [0.29, 0.717) is 6.42 Å². The molecule has 3 nitrogen and oxygen atoms in total. The minimum atomic E-state index is -0.175. The zero-order chi connectivity index (χ0) is 12.0. The lowest BCUT2D eigenvalue weighted by atomic mass is 10.2. The molecule has 0 heterocycles. The molecule has 0 amide bonds. The molecule has 0 radical (unpaired) electrons. The van der Waals surface area contributed by atoms with Gasteiger partial charge in [-0.15, -0.1) is 0 Å². The van der Waals surface area contributed by atoms with Gasteiger partial charge in [0.15, 0.2) is 0 Å². The number of carbonyl (C=O) groups excluding carboxylic acids is 1. The number of methoxy groups -OCH3 is 1. The Morgan fingerprint density at radius 1 is 1.44 bits per heavy atom. The number of hydrogen-bond acceptors (Lipinski definition) is 4. The second kappa shape index (κ2) is 6.43. The molecule has 0 bridgehead atoms. The van der Waals surface area contributed by atoms with Crippen molar-refractivity contribution in [1.29, 1.82) is 0 Å². The Morgan fingerprint density at radius 2 is 2.06 bits per heavy atom. The Balaban J connectivity index is 2.34. The maximum absolute atomic E-state index is 11.0. The second-order valence-electron chi connectivity index (χ2n) is 3.57. The molecule has 1 N–H and O–H groups in total. The lowest BCUT2D eigenvalue weighted by Gasteiger charge is -2.09. The first kappa shape index (κ1) is 12.9. The second-order valence-corrected chi connectivity index (χ2v) is 5.00. The van der Waals surface area contributed by atoms with Gasteiger partial charge in [-0.3, -0.25) is 4.79 Å². The molecule has 16 heavy (non-hydrogen) atoms. The Labute approximate surface area is 99.8 Å². The molecule has 88 valence electrons. The van der Waals surface area contributed by atoms with E-state index in [0.717, 1.165) is 11.3 Å². The van der Waals surface area contributed by atoms with Crippen LogP contribution in [0.4, 0.5) is 0 Å². The van der Waals surface area contributed by atoms with E-state index in [1.165, 1.54) is 7.11 Å². The van der Waals surface area contributed by atoms with Crippen molar-refractivity contribution in [2.24, 2.45) is 0 Å². The van der Waals surface area contributed by atoms with Crippen LogP contribution < -0.4 is 0 Å². The largest absolute Gasteiger partial charge is 0.508 e. The fraction of sp³-hybridized carbons (Fsp3) is 0.417. The number of aromatic hydroxyl groups is 1. The highest BCUT2D eigenvalue weighted by Gasteiger charge is 2.09. The van der Waals surface area contributed by atoms with Crippen LogP contribution in [-0.4, -0.2) is 23.4 Å². The maximum Gasteiger partial charge on any atom is 0.306 e. The van der Waals surface area contributed by atoms with Gasteiger partial charge >= 0.3 is 5.97 Å². The highest BCUT2D eigenvalue weighted by molar-refractivity contribution is 7.99. The number of ether oxygens (including phenoxy) is 1. The van der Waals surface area contributed by atoms with Crippen molar-refractivity contribution in [3.05, 3.63) is 29.8 Å². The van der Waals surface area contributed by atoms with E-state index >= 15 is 0 Å². The molecule has 4 heteroatoms. The average molecular weight is 240 g/mol. The lowest BCUT2D eigenvalue weighted by molar-refractivity contribution is -0.140. The van der Waals surface area contributed by atoms with Crippen molar-refractivity contribution in [2.45, 2.75) is 24.3 Å². The lowest BCUT2D eigenvalue weighted by Crippen LogP contribution is -2.08. The quantitative estimate of drug-likeness (QED) is 0.803.